The summed E-state index contributed by atoms with van der Waals surface area (Å²) in [7, 11) is 1.56. The Bertz CT molecular complexity index is 566. The molecular formula is C11H10N2O3. The molecule has 5 nitrogen and oxygen atoms in total. The summed E-state index contributed by atoms with van der Waals surface area (Å²) in [5.74, 6) is -0.452. The summed E-state index contributed by atoms with van der Waals surface area (Å²) in [6.07, 6.45) is 0. The highest BCUT2D eigenvalue weighted by Gasteiger charge is 2.11. The van der Waals surface area contributed by atoms with E-state index in [-0.39, 0.29) is 11.4 Å². The molecule has 1 aromatic heterocycles. The van der Waals surface area contributed by atoms with E-state index in [1.165, 1.54) is 0 Å². The number of nitrogen functional groups attached to an aromatic ring is 1. The summed E-state index contributed by atoms with van der Waals surface area (Å²) in [5, 5.41) is 9.61. The van der Waals surface area contributed by atoms with E-state index >= 15 is 0 Å². The molecule has 0 radical (unpaired) electrons. The van der Waals surface area contributed by atoms with Crippen molar-refractivity contribution in [3.05, 3.63) is 30.0 Å². The van der Waals surface area contributed by atoms with Crippen molar-refractivity contribution in [1.29, 1.82) is 0 Å². The molecule has 0 spiro atoms. The number of carboxylic acid groups (broad SMARTS) is 1. The molecule has 1 aromatic carbocycles. The molecule has 2 aromatic rings. The number of rotatable bonds is 2. The van der Waals surface area contributed by atoms with Gasteiger partial charge < -0.3 is 15.6 Å². The average Bonchev–Trinajstić information content (AvgIpc) is 2.27. The third-order valence-electron chi connectivity index (χ3n) is 2.25. The minimum atomic E-state index is -1.13. The van der Waals surface area contributed by atoms with Crippen LogP contribution in [0, 0.1) is 0 Å². The second kappa shape index (κ2) is 3.69. The lowest BCUT2D eigenvalue weighted by Crippen LogP contribution is -2.05. The molecule has 1 heterocycles. The molecule has 16 heavy (non-hydrogen) atoms. The highest BCUT2D eigenvalue weighted by atomic mass is 16.5. The van der Waals surface area contributed by atoms with Gasteiger partial charge in [0.1, 0.15) is 5.75 Å². The summed E-state index contributed by atoms with van der Waals surface area (Å²) in [6, 6.07) is 6.75. The molecule has 0 aliphatic carbocycles. The summed E-state index contributed by atoms with van der Waals surface area (Å²) >= 11 is 0. The monoisotopic (exact) mass is 218 g/mol. The maximum absolute atomic E-state index is 10.8. The number of pyridine rings is 1. The van der Waals surface area contributed by atoms with Crippen LogP contribution in [0.5, 0.6) is 5.75 Å². The molecule has 0 saturated heterocycles. The third kappa shape index (κ3) is 1.63. The largest absolute Gasteiger partial charge is 0.497 e. The van der Waals surface area contributed by atoms with Crippen molar-refractivity contribution in [1.82, 2.24) is 4.98 Å². The Morgan fingerprint density at radius 3 is 2.81 bits per heavy atom. The fourth-order valence-electron chi connectivity index (χ4n) is 1.47. The average molecular weight is 218 g/mol. The third-order valence-corrected chi connectivity index (χ3v) is 2.25. The Labute approximate surface area is 91.5 Å². The fraction of sp³-hybridized carbons (Fsp3) is 0.0909. The number of ether oxygens (including phenoxy) is 1. The van der Waals surface area contributed by atoms with Gasteiger partial charge in [-0.25, -0.2) is 9.78 Å². The maximum Gasteiger partial charge on any atom is 0.356 e. The summed E-state index contributed by atoms with van der Waals surface area (Å²) in [4.78, 5) is 14.8. The predicted molar refractivity (Wildman–Crippen MR) is 59.7 cm³/mol. The van der Waals surface area contributed by atoms with Gasteiger partial charge in [0.05, 0.1) is 18.3 Å². The van der Waals surface area contributed by atoms with E-state index < -0.39 is 5.97 Å². The van der Waals surface area contributed by atoms with E-state index in [2.05, 4.69) is 4.98 Å². The van der Waals surface area contributed by atoms with Crippen LogP contribution in [-0.4, -0.2) is 23.2 Å². The molecule has 0 atom stereocenters. The minimum absolute atomic E-state index is 0.127. The molecule has 3 N–H and O–H groups in total. The first-order valence-electron chi connectivity index (χ1n) is 4.59. The van der Waals surface area contributed by atoms with Crippen molar-refractivity contribution in [3.8, 4) is 5.75 Å². The van der Waals surface area contributed by atoms with Crippen LogP contribution in [0.25, 0.3) is 10.9 Å². The number of hydrogen-bond donors (Lipinski definition) is 2. The van der Waals surface area contributed by atoms with E-state index in [4.69, 9.17) is 15.6 Å². The molecule has 0 amide bonds. The molecule has 2 rings (SSSR count). The van der Waals surface area contributed by atoms with Gasteiger partial charge in [-0.1, -0.05) is 0 Å². The molecule has 0 aliphatic heterocycles. The first-order chi connectivity index (χ1) is 7.61. The molecule has 0 bridgehead atoms. The van der Waals surface area contributed by atoms with Crippen LogP contribution in [-0.2, 0) is 0 Å². The van der Waals surface area contributed by atoms with Crippen molar-refractivity contribution in [2.75, 3.05) is 12.8 Å². The number of methoxy groups -OCH3 is 1. The SMILES string of the molecule is COc1ccc2nc(C(=O)O)c(N)cc2c1. The van der Waals surface area contributed by atoms with Crippen molar-refractivity contribution in [2.24, 2.45) is 0 Å². The Balaban J connectivity index is 2.68. The molecule has 0 unspecified atom stereocenters. The van der Waals surface area contributed by atoms with Crippen LogP contribution in [0.1, 0.15) is 10.5 Å². The second-order valence-electron chi connectivity index (χ2n) is 3.29. The molecule has 0 fully saturated rings. The normalized spacial score (nSPS) is 10.3. The Kier molecular flexibility index (Phi) is 2.36. The summed E-state index contributed by atoms with van der Waals surface area (Å²) in [6.45, 7) is 0. The van der Waals surface area contributed by atoms with Gasteiger partial charge in [0, 0.05) is 5.39 Å². The molecule has 5 heteroatoms. The van der Waals surface area contributed by atoms with Gasteiger partial charge in [-0.2, -0.15) is 0 Å². The van der Waals surface area contributed by atoms with Crippen LogP contribution < -0.4 is 10.5 Å². The van der Waals surface area contributed by atoms with Crippen molar-refractivity contribution in [3.63, 3.8) is 0 Å². The van der Waals surface area contributed by atoms with E-state index in [9.17, 15) is 4.79 Å². The Morgan fingerprint density at radius 2 is 2.19 bits per heavy atom. The van der Waals surface area contributed by atoms with Crippen molar-refractivity contribution >= 4 is 22.6 Å². The van der Waals surface area contributed by atoms with E-state index in [1.54, 1.807) is 31.4 Å². The fourth-order valence-corrected chi connectivity index (χ4v) is 1.47. The van der Waals surface area contributed by atoms with Gasteiger partial charge in [0.2, 0.25) is 0 Å². The smallest absolute Gasteiger partial charge is 0.356 e. The lowest BCUT2D eigenvalue weighted by Gasteiger charge is -2.05. The number of hydrogen-bond acceptors (Lipinski definition) is 4. The van der Waals surface area contributed by atoms with E-state index in [0.717, 1.165) is 5.39 Å². The van der Waals surface area contributed by atoms with Crippen LogP contribution in [0.15, 0.2) is 24.3 Å². The van der Waals surface area contributed by atoms with Gasteiger partial charge in [-0.15, -0.1) is 0 Å². The number of nitrogens with zero attached hydrogens (tertiary/aromatic N) is 1. The highest BCUT2D eigenvalue weighted by molar-refractivity contribution is 5.96. The first-order valence-corrected chi connectivity index (χ1v) is 4.59. The van der Waals surface area contributed by atoms with Gasteiger partial charge in [0.15, 0.2) is 5.69 Å². The lowest BCUT2D eigenvalue weighted by molar-refractivity contribution is 0.0692. The molecule has 82 valence electrons. The number of anilines is 1. The van der Waals surface area contributed by atoms with Crippen LogP contribution in [0.4, 0.5) is 5.69 Å². The van der Waals surface area contributed by atoms with Crippen LogP contribution >= 0.6 is 0 Å². The zero-order valence-corrected chi connectivity index (χ0v) is 8.60. The lowest BCUT2D eigenvalue weighted by atomic mass is 10.1. The minimum Gasteiger partial charge on any atom is -0.497 e. The van der Waals surface area contributed by atoms with Gasteiger partial charge in [-0.05, 0) is 24.3 Å². The number of aromatic carboxylic acids is 1. The predicted octanol–water partition coefficient (Wildman–Crippen LogP) is 1.52. The molecule has 0 aliphatic rings. The number of carboxylic acids is 1. The summed E-state index contributed by atoms with van der Waals surface area (Å²) in [5.41, 5.74) is 6.19. The van der Waals surface area contributed by atoms with Gasteiger partial charge in [0.25, 0.3) is 0 Å². The van der Waals surface area contributed by atoms with E-state index in [0.29, 0.717) is 11.3 Å². The van der Waals surface area contributed by atoms with Crippen LogP contribution in [0.2, 0.25) is 0 Å². The zero-order chi connectivity index (χ0) is 11.7. The molecular weight excluding hydrogens is 208 g/mol. The topological polar surface area (TPSA) is 85.4 Å². The first kappa shape index (κ1) is 10.2. The van der Waals surface area contributed by atoms with E-state index in [1.807, 2.05) is 0 Å². The molecule has 0 saturated carbocycles. The maximum atomic E-state index is 10.8. The number of benzene rings is 1. The Hall–Kier alpha value is -2.30. The van der Waals surface area contributed by atoms with Crippen LogP contribution in [0.3, 0.4) is 0 Å². The Morgan fingerprint density at radius 1 is 1.44 bits per heavy atom. The zero-order valence-electron chi connectivity index (χ0n) is 8.60. The number of carbonyl (C=O) groups is 1. The number of aromatic nitrogens is 1. The van der Waals surface area contributed by atoms with Crippen molar-refractivity contribution in [2.45, 2.75) is 0 Å². The summed E-state index contributed by atoms with van der Waals surface area (Å²) < 4.78 is 5.05. The second-order valence-corrected chi connectivity index (χ2v) is 3.29. The standard InChI is InChI=1S/C11H10N2O3/c1-16-7-2-3-9-6(4-7)5-8(12)10(13-9)11(14)15/h2-5H,12H2,1H3,(H,14,15). The highest BCUT2D eigenvalue weighted by Crippen LogP contribution is 2.23. The van der Waals surface area contributed by atoms with Crippen molar-refractivity contribution < 1.29 is 14.6 Å². The van der Waals surface area contributed by atoms with Gasteiger partial charge in [-0.3, -0.25) is 0 Å². The quantitative estimate of drug-likeness (QED) is 0.798. The number of nitrogens with two attached hydrogens (primary N) is 1. The number of fused-ring (bicyclic) bond motifs is 1. The van der Waals surface area contributed by atoms with Gasteiger partial charge >= 0.3 is 5.97 Å².